The van der Waals surface area contributed by atoms with Gasteiger partial charge in [-0.05, 0) is 30.7 Å². The maximum absolute atomic E-state index is 12.4. The molecule has 2 fully saturated rings. The fraction of sp³-hybridized carbons (Fsp3) is 0.471. The van der Waals surface area contributed by atoms with E-state index in [1.165, 1.54) is 0 Å². The van der Waals surface area contributed by atoms with E-state index in [2.05, 4.69) is 10.1 Å². The van der Waals surface area contributed by atoms with Crippen LogP contribution in [0.4, 0.5) is 0 Å². The molecule has 2 aliphatic heterocycles. The van der Waals surface area contributed by atoms with Crippen molar-refractivity contribution in [3.05, 3.63) is 35.7 Å². The summed E-state index contributed by atoms with van der Waals surface area (Å²) in [6.45, 7) is 3.85. The number of benzene rings is 1. The number of hydrogen-bond acceptors (Lipinski definition) is 6. The number of hydrogen-bond donors (Lipinski definition) is 0. The van der Waals surface area contributed by atoms with Crippen LogP contribution < -0.4 is 0 Å². The zero-order valence-electron chi connectivity index (χ0n) is 13.3. The predicted molar refractivity (Wildman–Crippen MR) is 84.6 cm³/mol. The first-order chi connectivity index (χ1) is 11.8. The molecule has 1 aromatic heterocycles. The molecule has 0 aliphatic carbocycles. The first kappa shape index (κ1) is 15.3. The lowest BCUT2D eigenvalue weighted by Gasteiger charge is -2.26. The second kappa shape index (κ2) is 6.70. The average Bonchev–Trinajstić information content (AvgIpc) is 3.33. The van der Waals surface area contributed by atoms with Crippen molar-refractivity contribution >= 4 is 5.91 Å². The Bertz CT molecular complexity index is 701. The lowest BCUT2D eigenvalue weighted by Crippen LogP contribution is -2.40. The van der Waals surface area contributed by atoms with Gasteiger partial charge in [0, 0.05) is 36.7 Å². The Morgan fingerprint density at radius 3 is 2.58 bits per heavy atom. The van der Waals surface area contributed by atoms with Gasteiger partial charge in [0.1, 0.15) is 0 Å². The largest absolute Gasteiger partial charge is 0.381 e. The molecule has 0 N–H and O–H groups in total. The molecule has 126 valence electrons. The zero-order valence-corrected chi connectivity index (χ0v) is 13.3. The fourth-order valence-electron chi connectivity index (χ4n) is 2.96. The van der Waals surface area contributed by atoms with Crippen molar-refractivity contribution in [1.82, 2.24) is 15.0 Å². The lowest BCUT2D eigenvalue weighted by molar-refractivity contribution is 0.0303. The molecule has 0 unspecified atom stereocenters. The molecule has 2 aromatic rings. The van der Waals surface area contributed by atoms with Crippen molar-refractivity contribution in [2.45, 2.75) is 12.3 Å². The third-order valence-electron chi connectivity index (χ3n) is 4.41. The minimum atomic E-state index is 0.0270. The second-order valence-corrected chi connectivity index (χ2v) is 6.00. The molecule has 7 nitrogen and oxygen atoms in total. The Morgan fingerprint density at radius 2 is 1.88 bits per heavy atom. The van der Waals surface area contributed by atoms with Crippen LogP contribution in [0.3, 0.4) is 0 Å². The summed E-state index contributed by atoms with van der Waals surface area (Å²) in [6.07, 6.45) is 0.923. The maximum Gasteiger partial charge on any atom is 0.257 e. The molecular formula is C17H19N3O4. The van der Waals surface area contributed by atoms with Crippen LogP contribution >= 0.6 is 0 Å². The summed E-state index contributed by atoms with van der Waals surface area (Å²) in [5, 5.41) is 4.05. The molecule has 2 aliphatic rings. The molecule has 7 heteroatoms. The minimum Gasteiger partial charge on any atom is -0.381 e. The highest BCUT2D eigenvalue weighted by Gasteiger charge is 2.24. The number of amides is 1. The van der Waals surface area contributed by atoms with Gasteiger partial charge in [-0.2, -0.15) is 4.98 Å². The number of aromatic nitrogens is 2. The van der Waals surface area contributed by atoms with Crippen LogP contribution in [0.2, 0.25) is 0 Å². The Balaban J connectivity index is 1.48. The SMILES string of the molecule is O=C(c1ccc(-c2nc([C@@H]3CCOC3)no2)cc1)N1CCOCC1. The van der Waals surface area contributed by atoms with Crippen molar-refractivity contribution in [3.63, 3.8) is 0 Å². The van der Waals surface area contributed by atoms with Crippen LogP contribution in [0.5, 0.6) is 0 Å². The maximum atomic E-state index is 12.4. The molecule has 0 radical (unpaired) electrons. The second-order valence-electron chi connectivity index (χ2n) is 6.00. The van der Waals surface area contributed by atoms with Gasteiger partial charge in [-0.1, -0.05) is 5.16 Å². The molecule has 0 saturated carbocycles. The summed E-state index contributed by atoms with van der Waals surface area (Å²) < 4.78 is 16.0. The van der Waals surface area contributed by atoms with E-state index in [0.29, 0.717) is 50.2 Å². The number of carbonyl (C=O) groups excluding carboxylic acids is 1. The first-order valence-electron chi connectivity index (χ1n) is 8.20. The van der Waals surface area contributed by atoms with Gasteiger partial charge in [-0.15, -0.1) is 0 Å². The van der Waals surface area contributed by atoms with E-state index in [4.69, 9.17) is 14.0 Å². The van der Waals surface area contributed by atoms with E-state index < -0.39 is 0 Å². The highest BCUT2D eigenvalue weighted by atomic mass is 16.5. The summed E-state index contributed by atoms with van der Waals surface area (Å²) in [4.78, 5) is 18.7. The molecule has 0 bridgehead atoms. The Kier molecular flexibility index (Phi) is 4.27. The van der Waals surface area contributed by atoms with Crippen LogP contribution in [-0.4, -0.2) is 60.5 Å². The number of morpholine rings is 1. The molecule has 2 saturated heterocycles. The van der Waals surface area contributed by atoms with Crippen molar-refractivity contribution in [2.24, 2.45) is 0 Å². The van der Waals surface area contributed by atoms with Gasteiger partial charge in [0.2, 0.25) is 0 Å². The first-order valence-corrected chi connectivity index (χ1v) is 8.20. The lowest BCUT2D eigenvalue weighted by atomic mass is 10.1. The molecule has 4 rings (SSSR count). The molecule has 3 heterocycles. The van der Waals surface area contributed by atoms with Crippen molar-refractivity contribution in [2.75, 3.05) is 39.5 Å². The van der Waals surface area contributed by atoms with Gasteiger partial charge in [0.25, 0.3) is 11.8 Å². The zero-order chi connectivity index (χ0) is 16.4. The monoisotopic (exact) mass is 329 g/mol. The topological polar surface area (TPSA) is 77.7 Å². The molecule has 0 spiro atoms. The van der Waals surface area contributed by atoms with Crippen molar-refractivity contribution < 1.29 is 18.8 Å². The van der Waals surface area contributed by atoms with Gasteiger partial charge in [0.15, 0.2) is 5.82 Å². The molecule has 1 aromatic carbocycles. The summed E-state index contributed by atoms with van der Waals surface area (Å²) >= 11 is 0. The predicted octanol–water partition coefficient (Wildman–Crippen LogP) is 1.71. The number of rotatable bonds is 3. The van der Waals surface area contributed by atoms with E-state index in [9.17, 15) is 4.79 Å². The standard InChI is InChI=1S/C17H19N3O4/c21-17(20-6-9-22-10-7-20)13-3-1-12(2-4-13)16-18-15(19-24-16)14-5-8-23-11-14/h1-4,14H,5-11H2/t14-/m1/s1. The number of nitrogens with zero attached hydrogens (tertiary/aromatic N) is 3. The summed E-state index contributed by atoms with van der Waals surface area (Å²) in [5.74, 6) is 1.40. The van der Waals surface area contributed by atoms with Crippen LogP contribution in [0.25, 0.3) is 11.5 Å². The minimum absolute atomic E-state index is 0.0270. The Morgan fingerprint density at radius 1 is 1.08 bits per heavy atom. The van der Waals surface area contributed by atoms with E-state index in [0.717, 1.165) is 18.6 Å². The van der Waals surface area contributed by atoms with Gasteiger partial charge in [-0.25, -0.2) is 0 Å². The summed E-state index contributed by atoms with van der Waals surface area (Å²) in [5.41, 5.74) is 1.47. The van der Waals surface area contributed by atoms with Crippen LogP contribution in [-0.2, 0) is 9.47 Å². The average molecular weight is 329 g/mol. The molecule has 24 heavy (non-hydrogen) atoms. The summed E-state index contributed by atoms with van der Waals surface area (Å²) in [7, 11) is 0. The van der Waals surface area contributed by atoms with E-state index in [1.807, 2.05) is 17.0 Å². The van der Waals surface area contributed by atoms with E-state index in [-0.39, 0.29) is 11.8 Å². The highest BCUT2D eigenvalue weighted by Crippen LogP contribution is 2.25. The van der Waals surface area contributed by atoms with E-state index >= 15 is 0 Å². The smallest absolute Gasteiger partial charge is 0.257 e. The molecule has 1 amide bonds. The van der Waals surface area contributed by atoms with Gasteiger partial charge < -0.3 is 18.9 Å². The fourth-order valence-corrected chi connectivity index (χ4v) is 2.96. The van der Waals surface area contributed by atoms with Gasteiger partial charge in [0.05, 0.1) is 19.8 Å². The van der Waals surface area contributed by atoms with Crippen LogP contribution in [0.15, 0.2) is 28.8 Å². The highest BCUT2D eigenvalue weighted by molar-refractivity contribution is 5.94. The summed E-state index contributed by atoms with van der Waals surface area (Å²) in [6, 6.07) is 7.29. The quantitative estimate of drug-likeness (QED) is 0.853. The van der Waals surface area contributed by atoms with Crippen LogP contribution in [0.1, 0.15) is 28.5 Å². The van der Waals surface area contributed by atoms with Crippen LogP contribution in [0, 0.1) is 0 Å². The van der Waals surface area contributed by atoms with Gasteiger partial charge in [-0.3, -0.25) is 4.79 Å². The van der Waals surface area contributed by atoms with Crippen molar-refractivity contribution in [1.29, 1.82) is 0 Å². The Hall–Kier alpha value is -2.25. The third-order valence-corrected chi connectivity index (χ3v) is 4.41. The Labute approximate surface area is 139 Å². The normalized spacial score (nSPS) is 21.2. The number of carbonyl (C=O) groups is 1. The third kappa shape index (κ3) is 3.05. The van der Waals surface area contributed by atoms with Crippen molar-refractivity contribution in [3.8, 4) is 11.5 Å². The van der Waals surface area contributed by atoms with Gasteiger partial charge >= 0.3 is 0 Å². The molecule has 1 atom stereocenters. The number of ether oxygens (including phenoxy) is 2. The molecular weight excluding hydrogens is 310 g/mol. The van der Waals surface area contributed by atoms with E-state index in [1.54, 1.807) is 12.1 Å².